The van der Waals surface area contributed by atoms with Crippen molar-refractivity contribution in [2.45, 2.75) is 38.5 Å². The van der Waals surface area contributed by atoms with Gasteiger partial charge >= 0.3 is 12.1 Å². The molecule has 8 heteroatoms. The van der Waals surface area contributed by atoms with E-state index in [0.29, 0.717) is 12.0 Å². The van der Waals surface area contributed by atoms with E-state index in [9.17, 15) is 23.1 Å². The summed E-state index contributed by atoms with van der Waals surface area (Å²) in [7, 11) is 2.03. The monoisotopic (exact) mass is 417 g/mol. The summed E-state index contributed by atoms with van der Waals surface area (Å²) in [5.74, 6) is -1.02. The number of fused-ring (bicyclic) bond motifs is 3. The van der Waals surface area contributed by atoms with E-state index in [1.165, 1.54) is 6.07 Å². The number of carbonyl (C=O) groups is 1. The van der Waals surface area contributed by atoms with Crippen LogP contribution in [0.2, 0.25) is 0 Å². The van der Waals surface area contributed by atoms with Crippen LogP contribution in [0, 0.1) is 6.92 Å². The van der Waals surface area contributed by atoms with E-state index in [4.69, 9.17) is 0 Å². The van der Waals surface area contributed by atoms with Crippen LogP contribution in [0.5, 0.6) is 0 Å². The van der Waals surface area contributed by atoms with Crippen molar-refractivity contribution >= 4 is 16.9 Å². The smallest absolute Gasteiger partial charge is 0.433 e. The molecule has 5 nitrogen and oxygen atoms in total. The average molecular weight is 417 g/mol. The predicted molar refractivity (Wildman–Crippen MR) is 106 cm³/mol. The number of hydrogen-bond donors (Lipinski definition) is 1. The molecule has 4 rings (SSSR count). The van der Waals surface area contributed by atoms with Crippen LogP contribution >= 0.6 is 0 Å². The van der Waals surface area contributed by atoms with Crippen molar-refractivity contribution in [1.82, 2.24) is 14.5 Å². The third-order valence-electron chi connectivity index (χ3n) is 5.68. The number of rotatable bonds is 4. The minimum absolute atomic E-state index is 0.0560. The number of nitrogens with zero attached hydrogens (tertiary/aromatic N) is 3. The lowest BCUT2D eigenvalue weighted by Crippen LogP contribution is -2.30. The number of benzene rings is 1. The molecule has 2 aromatic heterocycles. The summed E-state index contributed by atoms with van der Waals surface area (Å²) in [6, 6.07) is 7.23. The molecule has 1 aromatic carbocycles. The molecule has 0 fully saturated rings. The number of pyridine rings is 1. The Labute approximate surface area is 171 Å². The molecular weight excluding hydrogens is 395 g/mol. The molecule has 0 aliphatic carbocycles. The van der Waals surface area contributed by atoms with Gasteiger partial charge < -0.3 is 14.6 Å². The fourth-order valence-electron chi connectivity index (χ4n) is 4.22. The molecule has 0 radical (unpaired) electrons. The first-order valence-corrected chi connectivity index (χ1v) is 9.71. The van der Waals surface area contributed by atoms with E-state index < -0.39 is 23.9 Å². The SMILES string of the molecule is Cc1ccc2c(c1)c1c(n2C(Cc2ccc(C(F)(F)F)nc2)C(=O)O)CCN(C)C1. The summed E-state index contributed by atoms with van der Waals surface area (Å²) in [6.45, 7) is 3.55. The normalized spacial score (nSPS) is 15.9. The maximum absolute atomic E-state index is 12.8. The van der Waals surface area contributed by atoms with Crippen molar-refractivity contribution in [1.29, 1.82) is 0 Å². The van der Waals surface area contributed by atoms with Crippen molar-refractivity contribution in [3.05, 3.63) is 64.6 Å². The summed E-state index contributed by atoms with van der Waals surface area (Å²) in [6.07, 6.45) is -2.63. The molecule has 3 heterocycles. The first-order chi connectivity index (χ1) is 14.1. The van der Waals surface area contributed by atoms with Crippen molar-refractivity contribution < 1.29 is 23.1 Å². The Hall–Kier alpha value is -2.87. The van der Waals surface area contributed by atoms with Gasteiger partial charge in [0, 0.05) is 48.7 Å². The van der Waals surface area contributed by atoms with Crippen LogP contribution < -0.4 is 0 Å². The number of halogens is 3. The van der Waals surface area contributed by atoms with Gasteiger partial charge in [0.15, 0.2) is 0 Å². The second-order valence-corrected chi connectivity index (χ2v) is 7.91. The van der Waals surface area contributed by atoms with Crippen molar-refractivity contribution in [3.8, 4) is 0 Å². The summed E-state index contributed by atoms with van der Waals surface area (Å²) in [5, 5.41) is 11.1. The first kappa shape index (κ1) is 20.4. The fraction of sp³-hybridized carbons (Fsp3) is 0.364. The van der Waals surface area contributed by atoms with Crippen LogP contribution in [-0.2, 0) is 30.4 Å². The molecule has 0 saturated heterocycles. The Bertz CT molecular complexity index is 1100. The Morgan fingerprint density at radius 1 is 1.27 bits per heavy atom. The highest BCUT2D eigenvalue weighted by Crippen LogP contribution is 2.35. The van der Waals surface area contributed by atoms with Gasteiger partial charge in [-0.05, 0) is 43.3 Å². The number of hydrogen-bond acceptors (Lipinski definition) is 3. The lowest BCUT2D eigenvalue weighted by atomic mass is 10.0. The van der Waals surface area contributed by atoms with E-state index in [2.05, 4.69) is 16.0 Å². The van der Waals surface area contributed by atoms with E-state index in [1.807, 2.05) is 30.7 Å². The standard InChI is InChI=1S/C22H22F3N3O2/c1-13-3-5-17-15(9-13)16-12-27(2)8-7-18(16)28(17)19(21(29)30)10-14-4-6-20(26-11-14)22(23,24)25/h3-6,9,11,19H,7-8,10,12H2,1-2H3,(H,29,30). The zero-order chi connectivity index (χ0) is 21.6. The molecule has 30 heavy (non-hydrogen) atoms. The quantitative estimate of drug-likeness (QED) is 0.691. The molecule has 0 saturated carbocycles. The topological polar surface area (TPSA) is 58.4 Å². The number of likely N-dealkylation sites (N-methyl/N-ethyl adjacent to an activating group) is 1. The van der Waals surface area contributed by atoms with Gasteiger partial charge in [-0.25, -0.2) is 4.79 Å². The highest BCUT2D eigenvalue weighted by atomic mass is 19.4. The van der Waals surface area contributed by atoms with Gasteiger partial charge in [0.25, 0.3) is 0 Å². The highest BCUT2D eigenvalue weighted by Gasteiger charge is 2.33. The summed E-state index contributed by atoms with van der Waals surface area (Å²) in [5.41, 5.74) is 3.51. The maximum atomic E-state index is 12.8. The lowest BCUT2D eigenvalue weighted by molar-refractivity contribution is -0.142. The van der Waals surface area contributed by atoms with Crippen LogP contribution in [-0.4, -0.2) is 39.1 Å². The van der Waals surface area contributed by atoms with E-state index >= 15 is 0 Å². The summed E-state index contributed by atoms with van der Waals surface area (Å²) in [4.78, 5) is 17.9. The van der Waals surface area contributed by atoms with Gasteiger partial charge in [-0.2, -0.15) is 13.2 Å². The molecule has 0 amide bonds. The van der Waals surface area contributed by atoms with E-state index in [0.717, 1.165) is 53.1 Å². The molecule has 1 atom stereocenters. The van der Waals surface area contributed by atoms with Crippen molar-refractivity contribution in [3.63, 3.8) is 0 Å². The Balaban J connectivity index is 1.79. The van der Waals surface area contributed by atoms with E-state index in [-0.39, 0.29) is 6.42 Å². The minimum atomic E-state index is -4.52. The lowest BCUT2D eigenvalue weighted by Gasteiger charge is -2.26. The second kappa shape index (κ2) is 7.43. The molecule has 1 aliphatic heterocycles. The number of aliphatic carboxylic acids is 1. The van der Waals surface area contributed by atoms with E-state index in [1.54, 1.807) is 0 Å². The molecule has 0 bridgehead atoms. The zero-order valence-corrected chi connectivity index (χ0v) is 16.7. The first-order valence-electron chi connectivity index (χ1n) is 9.71. The van der Waals surface area contributed by atoms with Gasteiger partial charge in [-0.15, -0.1) is 0 Å². The predicted octanol–water partition coefficient (Wildman–Crippen LogP) is 4.22. The highest BCUT2D eigenvalue weighted by molar-refractivity contribution is 5.88. The van der Waals surface area contributed by atoms with Crippen LogP contribution in [0.15, 0.2) is 36.5 Å². The number of carboxylic acids is 1. The van der Waals surface area contributed by atoms with Crippen LogP contribution in [0.3, 0.4) is 0 Å². The Kier molecular flexibility index (Phi) is 5.05. The number of alkyl halides is 3. The largest absolute Gasteiger partial charge is 0.480 e. The third-order valence-corrected chi connectivity index (χ3v) is 5.68. The second-order valence-electron chi connectivity index (χ2n) is 7.91. The number of carboxylic acid groups (broad SMARTS) is 1. The van der Waals surface area contributed by atoms with Crippen molar-refractivity contribution in [2.24, 2.45) is 0 Å². The zero-order valence-electron chi connectivity index (χ0n) is 16.7. The van der Waals surface area contributed by atoms with Gasteiger partial charge in [-0.3, -0.25) is 4.98 Å². The summed E-state index contributed by atoms with van der Waals surface area (Å²) >= 11 is 0. The Morgan fingerprint density at radius 2 is 2.03 bits per heavy atom. The van der Waals surface area contributed by atoms with Crippen LogP contribution in [0.25, 0.3) is 10.9 Å². The minimum Gasteiger partial charge on any atom is -0.480 e. The van der Waals surface area contributed by atoms with Gasteiger partial charge in [0.1, 0.15) is 11.7 Å². The molecule has 1 aliphatic rings. The maximum Gasteiger partial charge on any atom is 0.433 e. The van der Waals surface area contributed by atoms with Crippen LogP contribution in [0.1, 0.15) is 34.1 Å². The van der Waals surface area contributed by atoms with Crippen molar-refractivity contribution in [2.75, 3.05) is 13.6 Å². The molecule has 158 valence electrons. The summed E-state index contributed by atoms with van der Waals surface area (Å²) < 4.78 is 40.2. The molecular formula is C22H22F3N3O2. The molecule has 3 aromatic rings. The number of aryl methyl sites for hydroxylation is 1. The number of aromatic nitrogens is 2. The molecule has 1 unspecified atom stereocenters. The molecule has 1 N–H and O–H groups in total. The van der Waals surface area contributed by atoms with Gasteiger partial charge in [0.2, 0.25) is 0 Å². The third kappa shape index (κ3) is 3.67. The average Bonchev–Trinajstić information content (AvgIpc) is 2.98. The van der Waals surface area contributed by atoms with Gasteiger partial charge in [0.05, 0.1) is 0 Å². The van der Waals surface area contributed by atoms with Crippen LogP contribution in [0.4, 0.5) is 13.2 Å². The fourth-order valence-corrected chi connectivity index (χ4v) is 4.22. The Morgan fingerprint density at radius 3 is 2.67 bits per heavy atom. The molecule has 0 spiro atoms. The van der Waals surface area contributed by atoms with Gasteiger partial charge in [-0.1, -0.05) is 17.7 Å².